The zero-order chi connectivity index (χ0) is 13.3. The van der Waals surface area contributed by atoms with E-state index in [9.17, 15) is 14.4 Å². The number of hydrogen-bond donors (Lipinski definition) is 2. The number of hydrogen-bond acceptors (Lipinski definition) is 3. The van der Waals surface area contributed by atoms with Crippen LogP contribution in [0.5, 0.6) is 0 Å². The predicted octanol–water partition coefficient (Wildman–Crippen LogP) is 0.410. The first-order chi connectivity index (χ1) is 8.02. The minimum atomic E-state index is -0.695. The Labute approximate surface area is 102 Å². The van der Waals surface area contributed by atoms with E-state index in [2.05, 4.69) is 17.2 Å². The minimum absolute atomic E-state index is 0.183. The zero-order valence-electron chi connectivity index (χ0n) is 10.4. The molecule has 0 rings (SSSR count). The van der Waals surface area contributed by atoms with Crippen molar-refractivity contribution in [3.63, 3.8) is 0 Å². The molecule has 0 aliphatic rings. The number of nitrogens with one attached hydrogen (secondary N) is 2. The summed E-state index contributed by atoms with van der Waals surface area (Å²) in [6, 6.07) is 0. The lowest BCUT2D eigenvalue weighted by Gasteiger charge is -2.09. The number of Topliss-reactive ketones (excluding diaryl/α,β-unsaturated/α-hetero) is 1. The van der Waals surface area contributed by atoms with Crippen LogP contribution in [-0.2, 0) is 14.4 Å². The minimum Gasteiger partial charge on any atom is -0.351 e. The Balaban J connectivity index is 3.96. The van der Waals surface area contributed by atoms with Crippen molar-refractivity contribution in [2.75, 3.05) is 13.1 Å². The highest BCUT2D eigenvalue weighted by Crippen LogP contribution is 2.05. The van der Waals surface area contributed by atoms with Crippen molar-refractivity contribution < 1.29 is 14.4 Å². The molecule has 96 valence electrons. The molecule has 1 unspecified atom stereocenters. The Kier molecular flexibility index (Phi) is 7.67. The van der Waals surface area contributed by atoms with Crippen LogP contribution >= 0.6 is 0 Å². The van der Waals surface area contributed by atoms with Crippen LogP contribution in [-0.4, -0.2) is 30.7 Å². The summed E-state index contributed by atoms with van der Waals surface area (Å²) in [6.07, 6.45) is 3.06. The van der Waals surface area contributed by atoms with E-state index in [0.717, 1.165) is 6.42 Å². The summed E-state index contributed by atoms with van der Waals surface area (Å²) < 4.78 is 0. The van der Waals surface area contributed by atoms with Gasteiger partial charge >= 0.3 is 0 Å². The predicted molar refractivity (Wildman–Crippen MR) is 65.3 cm³/mol. The summed E-state index contributed by atoms with van der Waals surface area (Å²) in [5.41, 5.74) is 0. The highest BCUT2D eigenvalue weighted by atomic mass is 16.2. The molecule has 0 aliphatic carbocycles. The lowest BCUT2D eigenvalue weighted by Crippen LogP contribution is -2.41. The smallest absolute Gasteiger partial charge is 0.288 e. The second-order valence-electron chi connectivity index (χ2n) is 3.83. The Morgan fingerprint density at radius 3 is 2.47 bits per heavy atom. The van der Waals surface area contributed by atoms with E-state index in [4.69, 9.17) is 0 Å². The van der Waals surface area contributed by atoms with Crippen LogP contribution in [0.4, 0.5) is 0 Å². The van der Waals surface area contributed by atoms with Gasteiger partial charge in [0.2, 0.25) is 11.7 Å². The fourth-order valence-electron chi connectivity index (χ4n) is 1.28. The Hall–Kier alpha value is -1.65. The van der Waals surface area contributed by atoms with Crippen LogP contribution in [0.3, 0.4) is 0 Å². The molecule has 0 fully saturated rings. The third-order valence-electron chi connectivity index (χ3n) is 2.25. The maximum absolute atomic E-state index is 11.5. The van der Waals surface area contributed by atoms with Crippen LogP contribution in [0.25, 0.3) is 0 Å². The summed E-state index contributed by atoms with van der Waals surface area (Å²) in [5, 5.41) is 4.79. The molecule has 0 spiro atoms. The van der Waals surface area contributed by atoms with E-state index in [0.29, 0.717) is 13.0 Å². The summed E-state index contributed by atoms with van der Waals surface area (Å²) in [6.45, 7) is 7.26. The van der Waals surface area contributed by atoms with Gasteiger partial charge in [0.1, 0.15) is 0 Å². The Bertz CT molecular complexity index is 300. The monoisotopic (exact) mass is 240 g/mol. The summed E-state index contributed by atoms with van der Waals surface area (Å²) in [5.74, 6) is -1.80. The zero-order valence-corrected chi connectivity index (χ0v) is 10.4. The van der Waals surface area contributed by atoms with Gasteiger partial charge < -0.3 is 10.6 Å². The van der Waals surface area contributed by atoms with E-state index >= 15 is 0 Å². The third kappa shape index (κ3) is 6.50. The first-order valence-corrected chi connectivity index (χ1v) is 5.72. The third-order valence-corrected chi connectivity index (χ3v) is 2.25. The largest absolute Gasteiger partial charge is 0.351 e. The molecular weight excluding hydrogens is 220 g/mol. The van der Waals surface area contributed by atoms with Crippen molar-refractivity contribution in [3.8, 4) is 0 Å². The second kappa shape index (κ2) is 8.50. The maximum atomic E-state index is 11.5. The molecule has 0 aromatic carbocycles. The van der Waals surface area contributed by atoms with Crippen molar-refractivity contribution in [2.45, 2.75) is 26.7 Å². The average Bonchev–Trinajstić information content (AvgIpc) is 2.32. The SMILES string of the molecule is C=CCNC(=O)CNC(=O)C(=O)C(C)CCC. The molecule has 0 bridgehead atoms. The number of ketones is 1. The van der Waals surface area contributed by atoms with Gasteiger partial charge in [0.05, 0.1) is 6.54 Å². The van der Waals surface area contributed by atoms with E-state index in [1.54, 1.807) is 6.92 Å². The van der Waals surface area contributed by atoms with Crippen molar-refractivity contribution >= 4 is 17.6 Å². The number of rotatable bonds is 8. The molecule has 0 saturated carbocycles. The van der Waals surface area contributed by atoms with Crippen molar-refractivity contribution in [3.05, 3.63) is 12.7 Å². The number of carbonyl (C=O) groups excluding carboxylic acids is 3. The van der Waals surface area contributed by atoms with Crippen molar-refractivity contribution in [2.24, 2.45) is 5.92 Å². The molecule has 0 aliphatic heterocycles. The van der Waals surface area contributed by atoms with E-state index in [1.807, 2.05) is 6.92 Å². The van der Waals surface area contributed by atoms with E-state index < -0.39 is 11.7 Å². The molecule has 2 N–H and O–H groups in total. The van der Waals surface area contributed by atoms with Gasteiger partial charge in [-0.05, 0) is 6.42 Å². The van der Waals surface area contributed by atoms with E-state index in [-0.39, 0.29) is 18.4 Å². The van der Waals surface area contributed by atoms with Gasteiger partial charge in [-0.2, -0.15) is 0 Å². The Morgan fingerprint density at radius 2 is 1.94 bits per heavy atom. The molecular formula is C12H20N2O3. The van der Waals surface area contributed by atoms with Crippen LogP contribution < -0.4 is 10.6 Å². The van der Waals surface area contributed by atoms with Gasteiger partial charge in [-0.25, -0.2) is 0 Å². The van der Waals surface area contributed by atoms with Crippen LogP contribution in [0, 0.1) is 5.92 Å². The highest BCUT2D eigenvalue weighted by Gasteiger charge is 2.20. The molecule has 0 saturated heterocycles. The second-order valence-corrected chi connectivity index (χ2v) is 3.83. The topological polar surface area (TPSA) is 75.3 Å². The molecule has 17 heavy (non-hydrogen) atoms. The fourth-order valence-corrected chi connectivity index (χ4v) is 1.28. The average molecular weight is 240 g/mol. The maximum Gasteiger partial charge on any atom is 0.288 e. The van der Waals surface area contributed by atoms with Crippen LogP contribution in [0.2, 0.25) is 0 Å². The lowest BCUT2D eigenvalue weighted by atomic mass is 10.0. The first-order valence-electron chi connectivity index (χ1n) is 5.72. The molecule has 5 nitrogen and oxygen atoms in total. The van der Waals surface area contributed by atoms with Gasteiger partial charge in [-0.15, -0.1) is 6.58 Å². The molecule has 0 heterocycles. The Morgan fingerprint density at radius 1 is 1.29 bits per heavy atom. The highest BCUT2D eigenvalue weighted by molar-refractivity contribution is 6.37. The molecule has 5 heteroatoms. The van der Waals surface area contributed by atoms with Crippen LogP contribution in [0.15, 0.2) is 12.7 Å². The van der Waals surface area contributed by atoms with Gasteiger partial charge in [0.25, 0.3) is 5.91 Å². The first kappa shape index (κ1) is 15.3. The molecule has 0 aromatic rings. The van der Waals surface area contributed by atoms with Crippen molar-refractivity contribution in [1.82, 2.24) is 10.6 Å². The standard InChI is InChI=1S/C12H20N2O3/c1-4-6-9(3)11(16)12(17)14-8-10(15)13-7-5-2/h5,9H,2,4,6-8H2,1,3H3,(H,13,15)(H,14,17). The summed E-state index contributed by atoms with van der Waals surface area (Å²) in [7, 11) is 0. The number of carbonyl (C=O) groups is 3. The summed E-state index contributed by atoms with van der Waals surface area (Å²) >= 11 is 0. The van der Waals surface area contributed by atoms with Crippen LogP contribution in [0.1, 0.15) is 26.7 Å². The van der Waals surface area contributed by atoms with Crippen molar-refractivity contribution in [1.29, 1.82) is 0 Å². The normalized spacial score (nSPS) is 11.4. The molecule has 2 amide bonds. The number of amides is 2. The molecule has 0 radical (unpaired) electrons. The molecule has 0 aromatic heterocycles. The quantitative estimate of drug-likeness (QED) is 0.476. The molecule has 1 atom stereocenters. The van der Waals surface area contributed by atoms with E-state index in [1.165, 1.54) is 6.08 Å². The van der Waals surface area contributed by atoms with Gasteiger partial charge in [-0.3, -0.25) is 14.4 Å². The fraction of sp³-hybridized carbons (Fsp3) is 0.583. The summed E-state index contributed by atoms with van der Waals surface area (Å²) in [4.78, 5) is 34.0. The van der Waals surface area contributed by atoms with Gasteiger partial charge in [-0.1, -0.05) is 26.3 Å². The van der Waals surface area contributed by atoms with Gasteiger partial charge in [0.15, 0.2) is 0 Å². The van der Waals surface area contributed by atoms with Gasteiger partial charge in [0, 0.05) is 12.5 Å². The lowest BCUT2D eigenvalue weighted by molar-refractivity contribution is -0.140.